The predicted molar refractivity (Wildman–Crippen MR) is 111 cm³/mol. The highest BCUT2D eigenvalue weighted by Crippen LogP contribution is 2.29. The average molecular weight is 413 g/mol. The van der Waals surface area contributed by atoms with Gasteiger partial charge in [-0.2, -0.15) is 0 Å². The van der Waals surface area contributed by atoms with E-state index in [4.69, 9.17) is 0 Å². The monoisotopic (exact) mass is 412 g/mol. The Kier molecular flexibility index (Phi) is 5.59. The minimum absolute atomic E-state index is 0.380. The quantitative estimate of drug-likeness (QED) is 0.668. The van der Waals surface area contributed by atoms with Gasteiger partial charge in [0.05, 0.1) is 23.8 Å². The second kappa shape index (κ2) is 8.30. The van der Waals surface area contributed by atoms with Gasteiger partial charge in [-0.3, -0.25) is 9.62 Å². The zero-order chi connectivity index (χ0) is 20.3. The normalized spacial score (nSPS) is 16.0. The van der Waals surface area contributed by atoms with Crippen molar-refractivity contribution in [3.63, 3.8) is 0 Å². The summed E-state index contributed by atoms with van der Waals surface area (Å²) < 4.78 is 27.1. The highest BCUT2D eigenvalue weighted by molar-refractivity contribution is 7.92. The van der Waals surface area contributed by atoms with Gasteiger partial charge in [-0.15, -0.1) is 5.10 Å². The van der Waals surface area contributed by atoms with Crippen molar-refractivity contribution in [1.82, 2.24) is 24.9 Å². The van der Waals surface area contributed by atoms with E-state index >= 15 is 0 Å². The van der Waals surface area contributed by atoms with Crippen LogP contribution in [0.4, 0.5) is 5.82 Å². The fraction of sp³-hybridized carbons (Fsp3) is 0.350. The molecule has 1 saturated heterocycles. The van der Waals surface area contributed by atoms with Crippen molar-refractivity contribution < 1.29 is 8.42 Å². The molecule has 0 bridgehead atoms. The van der Waals surface area contributed by atoms with Crippen LogP contribution < -0.4 is 4.72 Å². The van der Waals surface area contributed by atoms with Crippen molar-refractivity contribution in [2.45, 2.75) is 25.3 Å². The van der Waals surface area contributed by atoms with Gasteiger partial charge in [0.25, 0.3) is 0 Å². The van der Waals surface area contributed by atoms with E-state index < -0.39 is 10.0 Å². The molecular weight excluding hydrogens is 388 g/mol. The van der Waals surface area contributed by atoms with Crippen LogP contribution in [0, 0.1) is 0 Å². The van der Waals surface area contributed by atoms with E-state index in [0.29, 0.717) is 11.7 Å². The molecule has 1 aliphatic heterocycles. The third-order valence-electron chi connectivity index (χ3n) is 5.08. The SMILES string of the molecule is CS(=O)(=O)Nc1cc(C2CCN(Cc3cn(-c4ccccc4)nn3)CC2)ccn1. The molecule has 0 radical (unpaired) electrons. The summed E-state index contributed by atoms with van der Waals surface area (Å²) in [7, 11) is -3.32. The number of aromatic nitrogens is 4. The van der Waals surface area contributed by atoms with Crippen LogP contribution in [0.5, 0.6) is 0 Å². The molecule has 0 atom stereocenters. The number of rotatable bonds is 6. The number of piperidine rings is 1. The maximum Gasteiger partial charge on any atom is 0.230 e. The van der Waals surface area contributed by atoms with Crippen LogP contribution in [0.3, 0.4) is 0 Å². The Balaban J connectivity index is 1.34. The lowest BCUT2D eigenvalue weighted by atomic mass is 9.90. The molecule has 0 amide bonds. The number of hydrogen-bond donors (Lipinski definition) is 1. The first-order chi connectivity index (χ1) is 14.0. The molecule has 4 rings (SSSR count). The van der Waals surface area contributed by atoms with Crippen molar-refractivity contribution in [3.05, 3.63) is 66.1 Å². The summed E-state index contributed by atoms with van der Waals surface area (Å²) in [5.41, 5.74) is 3.08. The van der Waals surface area contributed by atoms with E-state index in [2.05, 4.69) is 24.9 Å². The fourth-order valence-electron chi connectivity index (χ4n) is 3.68. The Morgan fingerprint density at radius 3 is 2.62 bits per heavy atom. The summed E-state index contributed by atoms with van der Waals surface area (Å²) in [6.45, 7) is 2.69. The minimum Gasteiger partial charge on any atom is -0.297 e. The summed E-state index contributed by atoms with van der Waals surface area (Å²) in [5, 5.41) is 8.54. The molecule has 0 unspecified atom stereocenters. The summed E-state index contributed by atoms with van der Waals surface area (Å²) in [5.74, 6) is 0.777. The van der Waals surface area contributed by atoms with Crippen LogP contribution in [0.15, 0.2) is 54.9 Å². The van der Waals surface area contributed by atoms with Gasteiger partial charge >= 0.3 is 0 Å². The molecule has 152 valence electrons. The summed E-state index contributed by atoms with van der Waals surface area (Å²) >= 11 is 0. The number of likely N-dealkylation sites (tertiary alicyclic amines) is 1. The van der Waals surface area contributed by atoms with Gasteiger partial charge in [-0.05, 0) is 61.7 Å². The molecule has 29 heavy (non-hydrogen) atoms. The maximum absolute atomic E-state index is 11.4. The number of nitrogens with one attached hydrogen (secondary N) is 1. The van der Waals surface area contributed by atoms with Gasteiger partial charge in [0.1, 0.15) is 5.82 Å². The molecule has 1 aromatic carbocycles. The van der Waals surface area contributed by atoms with Crippen LogP contribution in [-0.2, 0) is 16.6 Å². The first-order valence-electron chi connectivity index (χ1n) is 9.59. The third kappa shape index (κ3) is 5.18. The molecule has 8 nitrogen and oxygen atoms in total. The molecule has 3 aromatic rings. The number of anilines is 1. The van der Waals surface area contributed by atoms with Gasteiger partial charge in [0, 0.05) is 12.7 Å². The van der Waals surface area contributed by atoms with Gasteiger partial charge in [0.2, 0.25) is 10.0 Å². The zero-order valence-corrected chi connectivity index (χ0v) is 17.1. The zero-order valence-electron chi connectivity index (χ0n) is 16.3. The fourth-order valence-corrected chi connectivity index (χ4v) is 4.17. The highest BCUT2D eigenvalue weighted by Gasteiger charge is 2.22. The summed E-state index contributed by atoms with van der Waals surface area (Å²) in [6.07, 6.45) is 6.79. The summed E-state index contributed by atoms with van der Waals surface area (Å²) in [6, 6.07) is 13.8. The Morgan fingerprint density at radius 1 is 1.14 bits per heavy atom. The van der Waals surface area contributed by atoms with Gasteiger partial charge in [0.15, 0.2) is 0 Å². The van der Waals surface area contributed by atoms with Crippen molar-refractivity contribution in [3.8, 4) is 5.69 Å². The van der Waals surface area contributed by atoms with Crippen LogP contribution in [0.1, 0.15) is 30.0 Å². The number of sulfonamides is 1. The smallest absolute Gasteiger partial charge is 0.230 e. The van der Waals surface area contributed by atoms with Crippen LogP contribution >= 0.6 is 0 Å². The summed E-state index contributed by atoms with van der Waals surface area (Å²) in [4.78, 5) is 6.48. The average Bonchev–Trinajstić information content (AvgIpc) is 3.17. The van der Waals surface area contributed by atoms with E-state index in [1.54, 1.807) is 10.9 Å². The number of pyridine rings is 1. The second-order valence-electron chi connectivity index (χ2n) is 7.39. The number of hydrogen-bond acceptors (Lipinski definition) is 6. The Bertz CT molecular complexity index is 1060. The molecular formula is C20H24N6O2S. The first kappa shape index (κ1) is 19.5. The van der Waals surface area contributed by atoms with Gasteiger partial charge < -0.3 is 0 Å². The van der Waals surface area contributed by atoms with E-state index in [-0.39, 0.29) is 0 Å². The lowest BCUT2D eigenvalue weighted by molar-refractivity contribution is 0.202. The third-order valence-corrected chi connectivity index (χ3v) is 5.66. The largest absolute Gasteiger partial charge is 0.297 e. The standard InChI is InChI=1S/C20H24N6O2S/c1-29(27,28)23-20-13-17(7-10-21-20)16-8-11-25(12-9-16)14-18-15-26(24-22-18)19-5-3-2-4-6-19/h2-7,10,13,15-16H,8-9,11-12,14H2,1H3,(H,21,23). The van der Waals surface area contributed by atoms with Gasteiger partial charge in [-0.25, -0.2) is 18.1 Å². The van der Waals surface area contributed by atoms with Crippen LogP contribution in [-0.4, -0.2) is 52.6 Å². The molecule has 2 aromatic heterocycles. The van der Waals surface area contributed by atoms with E-state index in [9.17, 15) is 8.42 Å². The number of benzene rings is 1. The lowest BCUT2D eigenvalue weighted by Gasteiger charge is -2.31. The first-order valence-corrected chi connectivity index (χ1v) is 11.5. The number of nitrogens with zero attached hydrogens (tertiary/aromatic N) is 5. The van der Waals surface area contributed by atoms with Crippen molar-refractivity contribution in [2.24, 2.45) is 0 Å². The lowest BCUT2D eigenvalue weighted by Crippen LogP contribution is -2.32. The van der Waals surface area contributed by atoms with E-state index in [1.807, 2.05) is 48.7 Å². The van der Waals surface area contributed by atoms with Crippen LogP contribution in [0.2, 0.25) is 0 Å². The maximum atomic E-state index is 11.4. The molecule has 0 aliphatic carbocycles. The van der Waals surface area contributed by atoms with E-state index in [1.165, 1.54) is 0 Å². The van der Waals surface area contributed by atoms with Crippen molar-refractivity contribution >= 4 is 15.8 Å². The van der Waals surface area contributed by atoms with E-state index in [0.717, 1.165) is 55.7 Å². The van der Waals surface area contributed by atoms with Gasteiger partial charge in [-0.1, -0.05) is 23.4 Å². The number of para-hydroxylation sites is 1. The molecule has 1 fully saturated rings. The Morgan fingerprint density at radius 2 is 1.90 bits per heavy atom. The molecule has 0 saturated carbocycles. The highest BCUT2D eigenvalue weighted by atomic mass is 32.2. The second-order valence-corrected chi connectivity index (χ2v) is 9.14. The Hall–Kier alpha value is -2.78. The Labute approximate surface area is 170 Å². The predicted octanol–water partition coefficient (Wildman–Crippen LogP) is 2.41. The molecule has 1 N–H and O–H groups in total. The molecule has 1 aliphatic rings. The molecule has 3 heterocycles. The van der Waals surface area contributed by atoms with Crippen molar-refractivity contribution in [2.75, 3.05) is 24.1 Å². The topological polar surface area (TPSA) is 93.0 Å². The molecule has 0 spiro atoms. The van der Waals surface area contributed by atoms with Crippen LogP contribution in [0.25, 0.3) is 5.69 Å². The van der Waals surface area contributed by atoms with Crippen molar-refractivity contribution in [1.29, 1.82) is 0 Å². The minimum atomic E-state index is -3.32. The molecule has 9 heteroatoms.